The molecule has 11 nitrogen and oxygen atoms in total. The molecular weight excluding hydrogens is 424 g/mol. The van der Waals surface area contributed by atoms with Crippen molar-refractivity contribution in [1.82, 2.24) is 34.8 Å². The van der Waals surface area contributed by atoms with Gasteiger partial charge in [0, 0.05) is 49.7 Å². The third-order valence-electron chi connectivity index (χ3n) is 4.56. The zero-order valence-corrected chi connectivity index (χ0v) is 17.6. The Morgan fingerprint density at radius 1 is 1.18 bits per heavy atom. The molecule has 0 spiro atoms. The summed E-state index contributed by atoms with van der Waals surface area (Å²) < 4.78 is 6.80. The second-order valence-corrected chi connectivity index (χ2v) is 6.90. The largest absolute Gasteiger partial charge is 0.450 e. The number of hydrogen-bond acceptors (Lipinski definition) is 7. The van der Waals surface area contributed by atoms with Gasteiger partial charge in [0.15, 0.2) is 5.82 Å². The van der Waals surface area contributed by atoms with E-state index in [4.69, 9.17) is 4.74 Å². The van der Waals surface area contributed by atoms with E-state index in [9.17, 15) is 9.59 Å². The molecule has 172 valence electrons. The lowest BCUT2D eigenvalue weighted by Gasteiger charge is -2.06. The molecule has 0 saturated heterocycles. The molecule has 0 atom stereocenters. The van der Waals surface area contributed by atoms with Crippen molar-refractivity contribution in [2.75, 3.05) is 18.5 Å². The van der Waals surface area contributed by atoms with E-state index in [1.807, 2.05) is 22.9 Å². The SMILES string of the molecule is C.CCOC(=O)Nc1nc2c(-c3ncccn3)cc(-n3cnc(CCNC(C)=O)c3)cc2[nH]1. The van der Waals surface area contributed by atoms with Crippen LogP contribution in [0.4, 0.5) is 10.7 Å². The minimum atomic E-state index is -0.595. The van der Waals surface area contributed by atoms with E-state index < -0.39 is 6.09 Å². The lowest BCUT2D eigenvalue weighted by atomic mass is 10.1. The summed E-state index contributed by atoms with van der Waals surface area (Å²) >= 11 is 0. The summed E-state index contributed by atoms with van der Waals surface area (Å²) in [5, 5.41) is 5.35. The Hall–Kier alpha value is -4.28. The fraction of sp³-hybridized carbons (Fsp3) is 0.273. The van der Waals surface area contributed by atoms with E-state index in [0.29, 0.717) is 35.4 Å². The molecule has 3 N–H and O–H groups in total. The average molecular weight is 451 g/mol. The van der Waals surface area contributed by atoms with E-state index >= 15 is 0 Å². The molecule has 0 unspecified atom stereocenters. The molecule has 1 aromatic carbocycles. The number of nitrogens with zero attached hydrogens (tertiary/aromatic N) is 5. The van der Waals surface area contributed by atoms with Gasteiger partial charge in [-0.2, -0.15) is 0 Å². The van der Waals surface area contributed by atoms with Crippen LogP contribution in [0.15, 0.2) is 43.1 Å². The number of anilines is 1. The lowest BCUT2D eigenvalue weighted by molar-refractivity contribution is -0.118. The maximum Gasteiger partial charge on any atom is 0.413 e. The van der Waals surface area contributed by atoms with Crippen LogP contribution >= 0.6 is 0 Å². The number of carbonyl (C=O) groups excluding carboxylic acids is 2. The number of fused-ring (bicyclic) bond motifs is 1. The summed E-state index contributed by atoms with van der Waals surface area (Å²) in [7, 11) is 0. The van der Waals surface area contributed by atoms with E-state index in [1.165, 1.54) is 6.92 Å². The van der Waals surface area contributed by atoms with Crippen molar-refractivity contribution >= 4 is 29.0 Å². The molecule has 2 amide bonds. The molecule has 0 aliphatic carbocycles. The minimum Gasteiger partial charge on any atom is -0.450 e. The Morgan fingerprint density at radius 3 is 2.70 bits per heavy atom. The van der Waals surface area contributed by atoms with Crippen molar-refractivity contribution in [2.45, 2.75) is 27.7 Å². The first-order chi connectivity index (χ1) is 15.5. The first kappa shape index (κ1) is 23.4. The molecule has 3 heterocycles. The summed E-state index contributed by atoms with van der Waals surface area (Å²) in [5.74, 6) is 0.683. The Bertz CT molecular complexity index is 1250. The van der Waals surface area contributed by atoms with Gasteiger partial charge in [0.1, 0.15) is 5.52 Å². The van der Waals surface area contributed by atoms with Gasteiger partial charge in [0.05, 0.1) is 24.1 Å². The normalized spacial score (nSPS) is 10.5. The van der Waals surface area contributed by atoms with Gasteiger partial charge < -0.3 is 19.6 Å². The van der Waals surface area contributed by atoms with Gasteiger partial charge in [-0.05, 0) is 25.1 Å². The molecule has 0 bridgehead atoms. The molecule has 0 saturated carbocycles. The van der Waals surface area contributed by atoms with Gasteiger partial charge in [-0.1, -0.05) is 7.43 Å². The monoisotopic (exact) mass is 450 g/mol. The highest BCUT2D eigenvalue weighted by molar-refractivity contribution is 5.95. The number of hydrogen-bond donors (Lipinski definition) is 3. The first-order valence-corrected chi connectivity index (χ1v) is 10.1. The number of nitrogens with one attached hydrogen (secondary N) is 3. The van der Waals surface area contributed by atoms with Gasteiger partial charge >= 0.3 is 6.09 Å². The smallest absolute Gasteiger partial charge is 0.413 e. The fourth-order valence-corrected chi connectivity index (χ4v) is 3.18. The number of carbonyl (C=O) groups is 2. The zero-order valence-electron chi connectivity index (χ0n) is 17.6. The summed E-state index contributed by atoms with van der Waals surface area (Å²) in [6.07, 6.45) is 6.93. The Kier molecular flexibility index (Phi) is 7.34. The molecular formula is C22H26N8O3. The van der Waals surface area contributed by atoms with Gasteiger partial charge in [0.25, 0.3) is 0 Å². The van der Waals surface area contributed by atoms with Crippen LogP contribution in [-0.2, 0) is 16.0 Å². The van der Waals surface area contributed by atoms with Crippen molar-refractivity contribution in [2.24, 2.45) is 0 Å². The van der Waals surface area contributed by atoms with Crippen LogP contribution in [0.2, 0.25) is 0 Å². The highest BCUT2D eigenvalue weighted by atomic mass is 16.5. The molecule has 4 aromatic rings. The van der Waals surface area contributed by atoms with Crippen molar-refractivity contribution in [3.63, 3.8) is 0 Å². The van der Waals surface area contributed by atoms with Crippen LogP contribution in [0, 0.1) is 0 Å². The molecule has 0 aliphatic heterocycles. The zero-order chi connectivity index (χ0) is 22.5. The summed E-state index contributed by atoms with van der Waals surface area (Å²) in [6, 6.07) is 5.54. The van der Waals surface area contributed by atoms with Crippen molar-refractivity contribution < 1.29 is 14.3 Å². The predicted molar refractivity (Wildman–Crippen MR) is 124 cm³/mol. The number of imidazole rings is 2. The second kappa shape index (κ2) is 10.4. The Balaban J connectivity index is 0.00000306. The van der Waals surface area contributed by atoms with Gasteiger partial charge in [-0.15, -0.1) is 0 Å². The molecule has 0 aliphatic rings. The van der Waals surface area contributed by atoms with Crippen molar-refractivity contribution in [3.8, 4) is 17.1 Å². The third-order valence-corrected chi connectivity index (χ3v) is 4.56. The number of H-pyrrole nitrogens is 1. The van der Waals surface area contributed by atoms with Crippen LogP contribution < -0.4 is 10.6 Å². The van der Waals surface area contributed by atoms with Crippen LogP contribution in [-0.4, -0.2) is 54.6 Å². The van der Waals surface area contributed by atoms with Gasteiger partial charge in [0.2, 0.25) is 11.9 Å². The number of aromatic nitrogens is 6. The summed E-state index contributed by atoms with van der Waals surface area (Å²) in [5.41, 5.74) is 3.64. The summed E-state index contributed by atoms with van der Waals surface area (Å²) in [4.78, 5) is 43.6. The number of amides is 2. The van der Waals surface area contributed by atoms with Crippen LogP contribution in [0.1, 0.15) is 27.0 Å². The fourth-order valence-electron chi connectivity index (χ4n) is 3.18. The highest BCUT2D eigenvalue weighted by Gasteiger charge is 2.16. The van der Waals surface area contributed by atoms with E-state index in [2.05, 4.69) is 35.6 Å². The maximum absolute atomic E-state index is 11.8. The van der Waals surface area contributed by atoms with Gasteiger partial charge in [-0.25, -0.2) is 24.7 Å². The van der Waals surface area contributed by atoms with E-state index in [0.717, 1.165) is 11.4 Å². The quantitative estimate of drug-likeness (QED) is 0.393. The molecule has 33 heavy (non-hydrogen) atoms. The van der Waals surface area contributed by atoms with Crippen molar-refractivity contribution in [1.29, 1.82) is 0 Å². The van der Waals surface area contributed by atoms with Crippen molar-refractivity contribution in [3.05, 3.63) is 48.8 Å². The van der Waals surface area contributed by atoms with E-state index in [-0.39, 0.29) is 25.9 Å². The maximum atomic E-state index is 11.8. The first-order valence-electron chi connectivity index (χ1n) is 10.1. The predicted octanol–water partition coefficient (Wildman–Crippen LogP) is 3.09. The standard InChI is InChI=1S/C21H22N8O3.CH4/c1-3-32-21(31)28-20-26-17-10-15(29-11-14(25-12-29)5-8-22-13(2)30)9-16(18(17)27-20)19-23-6-4-7-24-19;/h4,6-7,9-12H,3,5,8H2,1-2H3,(H,22,30)(H2,26,27,28,31);1H4. The minimum absolute atomic E-state index is 0. The lowest BCUT2D eigenvalue weighted by Crippen LogP contribution is -2.22. The Morgan fingerprint density at radius 2 is 1.97 bits per heavy atom. The Labute approximate surface area is 190 Å². The number of ether oxygens (including phenoxy) is 1. The second-order valence-electron chi connectivity index (χ2n) is 6.90. The molecule has 11 heteroatoms. The van der Waals surface area contributed by atoms with E-state index in [1.54, 1.807) is 31.7 Å². The number of rotatable bonds is 7. The topological polar surface area (TPSA) is 140 Å². The van der Waals surface area contributed by atoms with Crippen LogP contribution in [0.25, 0.3) is 28.1 Å². The van der Waals surface area contributed by atoms with Crippen LogP contribution in [0.5, 0.6) is 0 Å². The molecule has 3 aromatic heterocycles. The third kappa shape index (κ3) is 5.50. The summed E-state index contributed by atoms with van der Waals surface area (Å²) in [6.45, 7) is 3.98. The number of benzene rings is 1. The highest BCUT2D eigenvalue weighted by Crippen LogP contribution is 2.29. The molecule has 0 radical (unpaired) electrons. The number of aromatic amines is 1. The van der Waals surface area contributed by atoms with Crippen LogP contribution in [0.3, 0.4) is 0 Å². The molecule has 0 fully saturated rings. The average Bonchev–Trinajstić information content (AvgIpc) is 3.40. The molecule has 4 rings (SSSR count). The van der Waals surface area contributed by atoms with Gasteiger partial charge in [-0.3, -0.25) is 10.1 Å².